The Labute approximate surface area is 218 Å². The molecule has 0 heterocycles. The van der Waals surface area contributed by atoms with E-state index in [9.17, 15) is 0 Å². The first-order valence-corrected chi connectivity index (χ1v) is 24.0. The maximum absolute atomic E-state index is 2.47. The van der Waals surface area contributed by atoms with Gasteiger partial charge in [-0.15, -0.1) is 0 Å². The van der Waals surface area contributed by atoms with Crippen LogP contribution in [0.15, 0.2) is 0 Å². The van der Waals surface area contributed by atoms with Crippen LogP contribution in [0.3, 0.4) is 0 Å². The monoisotopic (exact) mass is 516 g/mol. The van der Waals surface area contributed by atoms with Gasteiger partial charge in [-0.05, 0) is 23.7 Å². The lowest BCUT2D eigenvalue weighted by atomic mass is 9.64. The molecule has 0 aromatic heterocycles. The zero-order valence-electron chi connectivity index (χ0n) is 26.8. The minimum atomic E-state index is -0.858. The van der Waals surface area contributed by atoms with Gasteiger partial charge < -0.3 is 0 Å². The molecule has 0 rings (SSSR count). The first-order valence-electron chi connectivity index (χ1n) is 15.3. The smallest absolute Gasteiger partial charge is 0.0470 e. The molecule has 0 aromatic carbocycles. The van der Waals surface area contributed by atoms with E-state index >= 15 is 0 Å². The summed E-state index contributed by atoms with van der Waals surface area (Å²) in [4.78, 5) is 0. The Balaban J connectivity index is -0.000000432. The van der Waals surface area contributed by atoms with Crippen LogP contribution in [-0.4, -0.2) is 24.0 Å². The van der Waals surface area contributed by atoms with Crippen LogP contribution in [0, 0.1) is 10.8 Å². The van der Waals surface area contributed by atoms with Gasteiger partial charge in [-0.1, -0.05) is 171 Å². The van der Waals surface area contributed by atoms with Crippen molar-refractivity contribution in [2.75, 3.05) is 0 Å². The summed E-state index contributed by atoms with van der Waals surface area (Å²) >= 11 is 0. The lowest BCUT2D eigenvalue weighted by Crippen LogP contribution is -2.60. The van der Waals surface area contributed by atoms with E-state index in [0.29, 0.717) is 10.8 Å². The van der Waals surface area contributed by atoms with E-state index < -0.39 is 15.2 Å². The minimum Gasteiger partial charge on any atom is -0.0680 e. The zero-order valence-corrected chi connectivity index (χ0v) is 29.9. The molecule has 0 saturated heterocycles. The fraction of sp³-hybridized carbons (Fsp3) is 1.00. The molecule has 0 bridgehead atoms. The summed E-state index contributed by atoms with van der Waals surface area (Å²) in [7, 11) is -1.89. The molecule has 0 aliphatic carbocycles. The van der Waals surface area contributed by atoms with Gasteiger partial charge in [0.25, 0.3) is 0 Å². The van der Waals surface area contributed by atoms with Gasteiger partial charge in [0.15, 0.2) is 0 Å². The van der Waals surface area contributed by atoms with Gasteiger partial charge in [-0.3, -0.25) is 0 Å². The van der Waals surface area contributed by atoms with E-state index in [0.717, 1.165) is 0 Å². The van der Waals surface area contributed by atoms with Crippen molar-refractivity contribution in [1.82, 2.24) is 0 Å². The molecule has 0 nitrogen and oxygen atoms in total. The van der Waals surface area contributed by atoms with Gasteiger partial charge in [0.05, 0.1) is 0 Å². The predicted octanol–water partition coefficient (Wildman–Crippen LogP) is 12.0. The van der Waals surface area contributed by atoms with E-state index in [-0.39, 0.29) is 8.80 Å². The largest absolute Gasteiger partial charge is 0.0680 e. The molecule has 0 N–H and O–H groups in total. The van der Waals surface area contributed by atoms with Crippen LogP contribution < -0.4 is 0 Å². The quantitative estimate of drug-likeness (QED) is 0.190. The van der Waals surface area contributed by atoms with Crippen molar-refractivity contribution in [3.63, 3.8) is 0 Å². The molecule has 0 saturated carbocycles. The summed E-state index contributed by atoms with van der Waals surface area (Å²) in [5.41, 5.74) is 0.996. The Bertz CT molecular complexity index is 360. The maximum atomic E-state index is 2.47. The van der Waals surface area contributed by atoms with Crippen molar-refractivity contribution < 1.29 is 0 Å². The predicted molar refractivity (Wildman–Crippen MR) is 170 cm³/mol. The van der Waals surface area contributed by atoms with Crippen molar-refractivity contribution in [1.29, 1.82) is 0 Å². The molecule has 0 unspecified atom stereocenters. The summed E-state index contributed by atoms with van der Waals surface area (Å²) in [5, 5.41) is 0. The second kappa shape index (κ2) is 19.8. The number of rotatable bonds is 15. The third-order valence-corrected chi connectivity index (χ3v) is 37.4. The zero-order chi connectivity index (χ0) is 26.8. The van der Waals surface area contributed by atoms with Crippen LogP contribution in [0.2, 0.25) is 54.4 Å². The molecule has 0 amide bonds. The molecule has 33 heavy (non-hydrogen) atoms. The fourth-order valence-electron chi connectivity index (χ4n) is 6.54. The Morgan fingerprint density at radius 1 is 0.424 bits per heavy atom. The topological polar surface area (TPSA) is 0 Å². The molecule has 204 valence electrons. The molecule has 0 spiro atoms. The Hall–Kier alpha value is 0.651. The standard InChI is InChI=1S/C12H30Si2.C12H26.C6H16Si/c1-7-13(8-2,9-3)14(10-4,11-5)12-6;1-7-9-11(3,4)12(5,6)10-8-2;1-4-7(5-2)6-3/h7-12H2,1-6H3;7-10H2,1-6H3;7H,4-6H2,1-3H3. The molecule has 3 heteroatoms. The highest BCUT2D eigenvalue weighted by molar-refractivity contribution is 7.42. The Morgan fingerprint density at radius 3 is 0.727 bits per heavy atom. The maximum Gasteiger partial charge on any atom is 0.0470 e. The molecule has 0 aliphatic rings. The van der Waals surface area contributed by atoms with Crippen LogP contribution in [0.1, 0.15) is 130 Å². The summed E-state index contributed by atoms with van der Waals surface area (Å²) in [6, 6.07) is 13.7. The third kappa shape index (κ3) is 12.0. The first kappa shape index (κ1) is 38.2. The SMILES string of the molecule is CCCC(C)(C)C(C)(C)CCC.CC[SiH](CC)CC.CC[Si](CC)(CC)[Si](CC)(CC)CC. The lowest BCUT2D eigenvalue weighted by Gasteiger charge is -2.46. The van der Waals surface area contributed by atoms with E-state index in [1.807, 2.05) is 0 Å². The third-order valence-electron chi connectivity index (χ3n) is 10.5. The summed E-state index contributed by atoms with van der Waals surface area (Å²) in [6.07, 6.45) is 5.31. The van der Waals surface area contributed by atoms with Gasteiger partial charge in [-0.25, -0.2) is 0 Å². The van der Waals surface area contributed by atoms with Crippen molar-refractivity contribution in [3.8, 4) is 0 Å². The highest BCUT2D eigenvalue weighted by atomic mass is 29.3. The fourth-order valence-corrected chi connectivity index (χ4v) is 29.3. The molecule has 0 fully saturated rings. The molecule has 0 aromatic rings. The van der Waals surface area contributed by atoms with Gasteiger partial charge in [0.2, 0.25) is 0 Å². The lowest BCUT2D eigenvalue weighted by molar-refractivity contribution is 0.0863. The van der Waals surface area contributed by atoms with Crippen LogP contribution in [0.4, 0.5) is 0 Å². The Morgan fingerprint density at radius 2 is 0.636 bits per heavy atom. The average Bonchev–Trinajstić information content (AvgIpc) is 2.80. The molecular weight excluding hydrogens is 445 g/mol. The van der Waals surface area contributed by atoms with Crippen molar-refractivity contribution in [2.45, 2.75) is 184 Å². The second-order valence-electron chi connectivity index (χ2n) is 12.0. The summed E-state index contributed by atoms with van der Waals surface area (Å²) in [5.74, 6) is 0. The molecular formula is C30H72Si3. The van der Waals surface area contributed by atoms with Crippen LogP contribution in [0.25, 0.3) is 0 Å². The summed E-state index contributed by atoms with van der Waals surface area (Å²) in [6.45, 7) is 36.0. The van der Waals surface area contributed by atoms with Gasteiger partial charge in [0.1, 0.15) is 0 Å². The molecule has 0 atom stereocenters. The van der Waals surface area contributed by atoms with Crippen LogP contribution in [-0.2, 0) is 0 Å². The van der Waals surface area contributed by atoms with Crippen molar-refractivity contribution in [3.05, 3.63) is 0 Å². The highest BCUT2D eigenvalue weighted by Gasteiger charge is 2.47. The Kier molecular flexibility index (Phi) is 22.9. The van der Waals surface area contributed by atoms with E-state index in [1.54, 1.807) is 36.3 Å². The normalized spacial score (nSPS) is 12.7. The van der Waals surface area contributed by atoms with E-state index in [2.05, 4.69) is 104 Å². The van der Waals surface area contributed by atoms with Crippen molar-refractivity contribution in [2.24, 2.45) is 10.8 Å². The number of hydrogen-bond acceptors (Lipinski definition) is 0. The minimum absolute atomic E-state index is 0.171. The van der Waals surface area contributed by atoms with Gasteiger partial charge >= 0.3 is 0 Å². The first-order chi connectivity index (χ1) is 15.3. The van der Waals surface area contributed by atoms with Gasteiger partial charge in [0, 0.05) is 24.0 Å². The average molecular weight is 517 g/mol. The second-order valence-corrected chi connectivity index (χ2v) is 31.9. The molecule has 0 aliphatic heterocycles. The summed E-state index contributed by atoms with van der Waals surface area (Å²) < 4.78 is 0. The van der Waals surface area contributed by atoms with Crippen LogP contribution in [0.5, 0.6) is 0 Å². The van der Waals surface area contributed by atoms with E-state index in [4.69, 9.17) is 0 Å². The highest BCUT2D eigenvalue weighted by Crippen LogP contribution is 2.45. The van der Waals surface area contributed by atoms with Gasteiger partial charge in [-0.2, -0.15) is 0 Å². The van der Waals surface area contributed by atoms with Crippen molar-refractivity contribution >= 4 is 24.0 Å². The van der Waals surface area contributed by atoms with Crippen LogP contribution >= 0.6 is 0 Å². The number of hydrogen-bond donors (Lipinski definition) is 0. The molecule has 0 radical (unpaired) electrons. The van der Waals surface area contributed by atoms with E-state index in [1.165, 1.54) is 43.8 Å².